The van der Waals surface area contributed by atoms with Gasteiger partial charge < -0.3 is 10.1 Å². The lowest BCUT2D eigenvalue weighted by molar-refractivity contribution is 0.196. The maximum Gasteiger partial charge on any atom is 0.129 e. The summed E-state index contributed by atoms with van der Waals surface area (Å²) in [5, 5.41) is 3.32. The second-order valence-corrected chi connectivity index (χ2v) is 6.35. The maximum atomic E-state index is 13.7. The van der Waals surface area contributed by atoms with E-state index in [2.05, 4.69) is 19.2 Å². The molecule has 2 nitrogen and oxygen atoms in total. The molecule has 0 spiro atoms. The van der Waals surface area contributed by atoms with Crippen molar-refractivity contribution < 1.29 is 13.5 Å². The molecule has 0 radical (unpaired) electrons. The fourth-order valence-corrected chi connectivity index (χ4v) is 2.23. The van der Waals surface area contributed by atoms with E-state index < -0.39 is 11.6 Å². The molecule has 1 aromatic carbocycles. The molecular weight excluding hydrogens is 272 g/mol. The van der Waals surface area contributed by atoms with Crippen LogP contribution in [-0.2, 0) is 11.2 Å². The zero-order valence-corrected chi connectivity index (χ0v) is 13.6. The summed E-state index contributed by atoms with van der Waals surface area (Å²) in [6.07, 6.45) is 2.53. The number of hydrogen-bond acceptors (Lipinski definition) is 2. The minimum atomic E-state index is -0.474. The van der Waals surface area contributed by atoms with Gasteiger partial charge >= 0.3 is 0 Å². The Morgan fingerprint density at radius 2 is 1.81 bits per heavy atom. The van der Waals surface area contributed by atoms with Gasteiger partial charge in [-0.1, -0.05) is 19.9 Å². The molecule has 4 heteroatoms. The van der Waals surface area contributed by atoms with Crippen LogP contribution in [0.15, 0.2) is 12.1 Å². The molecule has 0 aliphatic carbocycles. The van der Waals surface area contributed by atoms with Crippen molar-refractivity contribution in [2.45, 2.75) is 40.0 Å². The predicted octanol–water partition coefficient (Wildman–Crippen LogP) is 3.86. The van der Waals surface area contributed by atoms with E-state index in [0.29, 0.717) is 24.2 Å². The number of aryl methyl sites for hydroxylation is 2. The Labute approximate surface area is 126 Å². The van der Waals surface area contributed by atoms with Gasteiger partial charge in [-0.15, -0.1) is 0 Å². The lowest BCUT2D eigenvalue weighted by atomic mass is 9.83. The van der Waals surface area contributed by atoms with Gasteiger partial charge in [-0.3, -0.25) is 0 Å². The molecule has 1 aromatic rings. The van der Waals surface area contributed by atoms with Crippen LogP contribution in [-0.4, -0.2) is 26.8 Å². The number of hydrogen-bond donors (Lipinski definition) is 1. The van der Waals surface area contributed by atoms with Crippen molar-refractivity contribution in [1.82, 2.24) is 5.32 Å². The number of halogens is 2. The highest BCUT2D eigenvalue weighted by Crippen LogP contribution is 2.27. The normalized spacial score (nSPS) is 11.9. The monoisotopic (exact) mass is 299 g/mol. The van der Waals surface area contributed by atoms with Crippen molar-refractivity contribution in [2.24, 2.45) is 5.41 Å². The summed E-state index contributed by atoms with van der Waals surface area (Å²) in [4.78, 5) is 0. The zero-order valence-electron chi connectivity index (χ0n) is 13.6. The van der Waals surface area contributed by atoms with E-state index in [1.807, 2.05) is 0 Å². The second kappa shape index (κ2) is 8.44. The van der Waals surface area contributed by atoms with E-state index in [9.17, 15) is 8.78 Å². The molecule has 0 aliphatic rings. The number of rotatable bonds is 9. The van der Waals surface area contributed by atoms with Crippen LogP contribution in [0.4, 0.5) is 8.78 Å². The van der Waals surface area contributed by atoms with Gasteiger partial charge in [0.25, 0.3) is 0 Å². The molecular formula is C17H27F2NO. The summed E-state index contributed by atoms with van der Waals surface area (Å²) in [5.41, 5.74) is 1.23. The first kappa shape index (κ1) is 18.1. The van der Waals surface area contributed by atoms with E-state index in [1.54, 1.807) is 20.1 Å². The zero-order chi connectivity index (χ0) is 15.9. The summed E-state index contributed by atoms with van der Waals surface area (Å²) in [5.74, 6) is -0.912. The Kier molecular flexibility index (Phi) is 7.26. The molecule has 0 atom stereocenters. The largest absolute Gasteiger partial charge is 0.383 e. The van der Waals surface area contributed by atoms with Gasteiger partial charge in [0.05, 0.1) is 6.61 Å². The average Bonchev–Trinajstić information content (AvgIpc) is 2.41. The molecule has 0 aromatic heterocycles. The lowest BCUT2D eigenvalue weighted by Gasteiger charge is -2.25. The van der Waals surface area contributed by atoms with Crippen LogP contribution < -0.4 is 5.32 Å². The van der Waals surface area contributed by atoms with E-state index in [1.165, 1.54) is 0 Å². The van der Waals surface area contributed by atoms with Gasteiger partial charge in [0.15, 0.2) is 0 Å². The first-order chi connectivity index (χ1) is 9.85. The Morgan fingerprint density at radius 3 is 2.48 bits per heavy atom. The molecule has 0 bridgehead atoms. The minimum Gasteiger partial charge on any atom is -0.383 e. The molecule has 1 rings (SSSR count). The van der Waals surface area contributed by atoms with Crippen molar-refractivity contribution in [3.63, 3.8) is 0 Å². The fourth-order valence-electron chi connectivity index (χ4n) is 2.23. The SMILES string of the molecule is COCCNCCC(C)(C)CCc1cc(C)c(F)cc1F. The van der Waals surface area contributed by atoms with Crippen LogP contribution in [0, 0.1) is 24.0 Å². The molecule has 0 saturated heterocycles. The van der Waals surface area contributed by atoms with Crippen LogP contribution in [0.25, 0.3) is 0 Å². The molecule has 120 valence electrons. The van der Waals surface area contributed by atoms with Crippen LogP contribution in [0.2, 0.25) is 0 Å². The van der Waals surface area contributed by atoms with E-state index in [0.717, 1.165) is 32.0 Å². The summed E-state index contributed by atoms with van der Waals surface area (Å²) >= 11 is 0. The number of ether oxygens (including phenoxy) is 1. The first-order valence-electron chi connectivity index (χ1n) is 7.50. The standard InChI is InChI=1S/C17H27F2NO/c1-13-11-14(16(19)12-15(13)18)5-6-17(2,3)7-8-20-9-10-21-4/h11-12,20H,5-10H2,1-4H3. The molecule has 0 saturated carbocycles. The molecule has 0 aliphatic heterocycles. The quantitative estimate of drug-likeness (QED) is 0.699. The third-order valence-electron chi connectivity index (χ3n) is 3.86. The number of benzene rings is 1. The van der Waals surface area contributed by atoms with Gasteiger partial charge in [-0.25, -0.2) is 8.78 Å². The van der Waals surface area contributed by atoms with Gasteiger partial charge in [-0.05, 0) is 49.3 Å². The topological polar surface area (TPSA) is 21.3 Å². The van der Waals surface area contributed by atoms with Crippen molar-refractivity contribution in [3.05, 3.63) is 34.9 Å². The van der Waals surface area contributed by atoms with Gasteiger partial charge in [0.2, 0.25) is 0 Å². The van der Waals surface area contributed by atoms with E-state index in [4.69, 9.17) is 4.74 Å². The average molecular weight is 299 g/mol. The summed E-state index contributed by atoms with van der Waals surface area (Å²) in [6, 6.07) is 2.61. The van der Waals surface area contributed by atoms with Crippen LogP contribution in [0.5, 0.6) is 0 Å². The first-order valence-corrected chi connectivity index (χ1v) is 7.50. The van der Waals surface area contributed by atoms with E-state index in [-0.39, 0.29) is 5.41 Å². The molecule has 0 amide bonds. The van der Waals surface area contributed by atoms with Gasteiger partial charge in [0, 0.05) is 19.7 Å². The molecule has 0 heterocycles. The van der Waals surface area contributed by atoms with Gasteiger partial charge in [-0.2, -0.15) is 0 Å². The Balaban J connectivity index is 2.44. The predicted molar refractivity (Wildman–Crippen MR) is 82.6 cm³/mol. The highest BCUT2D eigenvalue weighted by Gasteiger charge is 2.18. The maximum absolute atomic E-state index is 13.7. The van der Waals surface area contributed by atoms with Crippen LogP contribution in [0.3, 0.4) is 0 Å². The summed E-state index contributed by atoms with van der Waals surface area (Å²) in [6.45, 7) is 8.50. The Morgan fingerprint density at radius 1 is 1.10 bits per heavy atom. The molecule has 21 heavy (non-hydrogen) atoms. The van der Waals surface area contributed by atoms with Crippen molar-refractivity contribution >= 4 is 0 Å². The Hall–Kier alpha value is -1.00. The molecule has 1 N–H and O–H groups in total. The highest BCUT2D eigenvalue weighted by molar-refractivity contribution is 5.25. The minimum absolute atomic E-state index is 0.120. The Bertz CT molecular complexity index is 447. The summed E-state index contributed by atoms with van der Waals surface area (Å²) in [7, 11) is 1.69. The van der Waals surface area contributed by atoms with Crippen LogP contribution >= 0.6 is 0 Å². The third-order valence-corrected chi connectivity index (χ3v) is 3.86. The van der Waals surface area contributed by atoms with Crippen molar-refractivity contribution in [1.29, 1.82) is 0 Å². The second-order valence-electron chi connectivity index (χ2n) is 6.35. The smallest absolute Gasteiger partial charge is 0.129 e. The van der Waals surface area contributed by atoms with Crippen molar-refractivity contribution in [2.75, 3.05) is 26.8 Å². The molecule has 0 unspecified atom stereocenters. The molecule has 0 fully saturated rings. The van der Waals surface area contributed by atoms with Crippen molar-refractivity contribution in [3.8, 4) is 0 Å². The highest BCUT2D eigenvalue weighted by atomic mass is 19.1. The third kappa shape index (κ3) is 6.53. The fraction of sp³-hybridized carbons (Fsp3) is 0.647. The number of nitrogens with one attached hydrogen (secondary N) is 1. The van der Waals surface area contributed by atoms with Crippen LogP contribution in [0.1, 0.15) is 37.8 Å². The summed E-state index contributed by atoms with van der Waals surface area (Å²) < 4.78 is 32.0. The van der Waals surface area contributed by atoms with E-state index >= 15 is 0 Å². The van der Waals surface area contributed by atoms with Gasteiger partial charge in [0.1, 0.15) is 11.6 Å². The number of methoxy groups -OCH3 is 1. The lowest BCUT2D eigenvalue weighted by Crippen LogP contribution is -2.25.